The van der Waals surface area contributed by atoms with Crippen molar-refractivity contribution in [2.45, 2.75) is 23.6 Å². The standard InChI is InChI=1S/C10H12BrN5O2/c11-6-1-5(2-17)18-10(6)16-4-15-7-8(12)13-3-14-9(7)16/h3-6,10,17H,1-2H2,(H2,12,13,14)/t5-,6+,10+/m0/s1. The Labute approximate surface area is 111 Å². The molecule has 3 rings (SSSR count). The van der Waals surface area contributed by atoms with Gasteiger partial charge in [0.1, 0.15) is 18.1 Å². The molecule has 1 aliphatic heterocycles. The lowest BCUT2D eigenvalue weighted by molar-refractivity contribution is -0.0192. The van der Waals surface area contributed by atoms with Gasteiger partial charge in [-0.15, -0.1) is 0 Å². The van der Waals surface area contributed by atoms with Crippen molar-refractivity contribution in [3.63, 3.8) is 0 Å². The number of imidazole rings is 1. The molecule has 0 radical (unpaired) electrons. The lowest BCUT2D eigenvalue weighted by atomic mass is 10.2. The highest BCUT2D eigenvalue weighted by Crippen LogP contribution is 2.35. The number of halogens is 1. The van der Waals surface area contributed by atoms with Gasteiger partial charge in [0.15, 0.2) is 11.5 Å². The first kappa shape index (κ1) is 11.8. The van der Waals surface area contributed by atoms with E-state index >= 15 is 0 Å². The zero-order valence-electron chi connectivity index (χ0n) is 9.40. The maximum Gasteiger partial charge on any atom is 0.167 e. The van der Waals surface area contributed by atoms with E-state index in [1.165, 1.54) is 6.33 Å². The molecule has 8 heteroatoms. The number of rotatable bonds is 2. The number of nitrogens with two attached hydrogens (primary N) is 1. The minimum atomic E-state index is -0.249. The fourth-order valence-electron chi connectivity index (χ4n) is 2.12. The number of ether oxygens (including phenoxy) is 1. The van der Waals surface area contributed by atoms with Crippen LogP contribution in [0.5, 0.6) is 0 Å². The zero-order valence-corrected chi connectivity index (χ0v) is 11.0. The maximum absolute atomic E-state index is 9.14. The average Bonchev–Trinajstić information content (AvgIpc) is 2.93. The van der Waals surface area contributed by atoms with Crippen molar-refractivity contribution >= 4 is 32.9 Å². The van der Waals surface area contributed by atoms with Crippen molar-refractivity contribution in [2.75, 3.05) is 12.3 Å². The first-order valence-corrected chi connectivity index (χ1v) is 6.45. The van der Waals surface area contributed by atoms with E-state index in [4.69, 9.17) is 15.6 Å². The van der Waals surface area contributed by atoms with Crippen molar-refractivity contribution in [3.05, 3.63) is 12.7 Å². The van der Waals surface area contributed by atoms with Gasteiger partial charge in [0.2, 0.25) is 0 Å². The molecule has 18 heavy (non-hydrogen) atoms. The summed E-state index contributed by atoms with van der Waals surface area (Å²) >= 11 is 3.55. The number of aromatic nitrogens is 4. The number of fused-ring (bicyclic) bond motifs is 1. The normalized spacial score (nSPS) is 28.0. The second-order valence-corrected chi connectivity index (χ2v) is 5.34. The minimum Gasteiger partial charge on any atom is -0.394 e. The molecule has 0 unspecified atom stereocenters. The molecular weight excluding hydrogens is 302 g/mol. The first-order chi connectivity index (χ1) is 8.70. The van der Waals surface area contributed by atoms with E-state index in [0.717, 1.165) is 6.42 Å². The van der Waals surface area contributed by atoms with Crippen LogP contribution in [0.4, 0.5) is 5.82 Å². The molecule has 0 bridgehead atoms. The Bertz CT molecular complexity index is 574. The monoisotopic (exact) mass is 313 g/mol. The summed E-state index contributed by atoms with van der Waals surface area (Å²) in [6.07, 6.45) is 3.35. The molecule has 3 heterocycles. The van der Waals surface area contributed by atoms with Crippen molar-refractivity contribution in [2.24, 2.45) is 0 Å². The molecule has 3 atom stereocenters. The summed E-state index contributed by atoms with van der Waals surface area (Å²) in [6, 6.07) is 0. The molecule has 0 amide bonds. The molecule has 0 aliphatic carbocycles. The predicted molar refractivity (Wildman–Crippen MR) is 68.1 cm³/mol. The number of alkyl halides is 1. The van der Waals surface area contributed by atoms with Gasteiger partial charge in [0.05, 0.1) is 23.9 Å². The smallest absolute Gasteiger partial charge is 0.167 e. The van der Waals surface area contributed by atoms with Gasteiger partial charge >= 0.3 is 0 Å². The van der Waals surface area contributed by atoms with E-state index in [-0.39, 0.29) is 23.8 Å². The van der Waals surface area contributed by atoms with Crippen molar-refractivity contribution in [1.82, 2.24) is 19.5 Å². The number of hydrogen-bond donors (Lipinski definition) is 2. The van der Waals surface area contributed by atoms with Crippen molar-refractivity contribution in [3.8, 4) is 0 Å². The SMILES string of the molecule is Nc1ncnc2c1ncn2[C@@H]1O[C@H](CO)C[C@H]1Br. The highest BCUT2D eigenvalue weighted by atomic mass is 79.9. The molecule has 0 aromatic carbocycles. The number of hydrogen-bond acceptors (Lipinski definition) is 6. The van der Waals surface area contributed by atoms with Gasteiger partial charge in [0.25, 0.3) is 0 Å². The van der Waals surface area contributed by atoms with Crippen molar-refractivity contribution in [1.29, 1.82) is 0 Å². The molecule has 3 N–H and O–H groups in total. The van der Waals surface area contributed by atoms with Crippen LogP contribution in [0.15, 0.2) is 12.7 Å². The van der Waals surface area contributed by atoms with Gasteiger partial charge in [0, 0.05) is 0 Å². The molecule has 7 nitrogen and oxygen atoms in total. The minimum absolute atomic E-state index is 0.00233. The lowest BCUT2D eigenvalue weighted by Gasteiger charge is -2.16. The van der Waals surface area contributed by atoms with E-state index in [2.05, 4.69) is 30.9 Å². The van der Waals surface area contributed by atoms with E-state index in [0.29, 0.717) is 17.0 Å². The van der Waals surface area contributed by atoms with E-state index in [9.17, 15) is 0 Å². The largest absolute Gasteiger partial charge is 0.394 e. The van der Waals surface area contributed by atoms with Crippen LogP contribution in [0.1, 0.15) is 12.6 Å². The quantitative estimate of drug-likeness (QED) is 0.781. The van der Waals surface area contributed by atoms with Crippen LogP contribution < -0.4 is 5.73 Å². The van der Waals surface area contributed by atoms with E-state index in [1.54, 1.807) is 6.33 Å². The highest BCUT2D eigenvalue weighted by molar-refractivity contribution is 9.09. The van der Waals surface area contributed by atoms with Crippen LogP contribution in [-0.4, -0.2) is 42.2 Å². The number of nitrogens with zero attached hydrogens (tertiary/aromatic N) is 4. The number of anilines is 1. The van der Waals surface area contributed by atoms with Crippen LogP contribution in [0, 0.1) is 0 Å². The average molecular weight is 314 g/mol. The Morgan fingerprint density at radius 1 is 1.50 bits per heavy atom. The lowest BCUT2D eigenvalue weighted by Crippen LogP contribution is -2.16. The summed E-state index contributed by atoms with van der Waals surface area (Å²) in [5.74, 6) is 0.349. The Morgan fingerprint density at radius 2 is 2.33 bits per heavy atom. The Kier molecular flexibility index (Phi) is 2.92. The topological polar surface area (TPSA) is 99.1 Å². The third-order valence-electron chi connectivity index (χ3n) is 2.99. The van der Waals surface area contributed by atoms with Gasteiger partial charge in [-0.2, -0.15) is 0 Å². The van der Waals surface area contributed by atoms with Gasteiger partial charge < -0.3 is 15.6 Å². The van der Waals surface area contributed by atoms with E-state index in [1.807, 2.05) is 4.57 Å². The van der Waals surface area contributed by atoms with E-state index < -0.39 is 0 Å². The second kappa shape index (κ2) is 4.45. The Balaban J connectivity index is 2.02. The predicted octanol–water partition coefficient (Wildman–Crippen LogP) is 0.452. The molecule has 1 fully saturated rings. The van der Waals surface area contributed by atoms with Crippen molar-refractivity contribution < 1.29 is 9.84 Å². The summed E-state index contributed by atoms with van der Waals surface area (Å²) in [6.45, 7) is 0.00233. The van der Waals surface area contributed by atoms with Crippen LogP contribution in [0.3, 0.4) is 0 Å². The van der Waals surface area contributed by atoms with Gasteiger partial charge in [-0.3, -0.25) is 4.57 Å². The highest BCUT2D eigenvalue weighted by Gasteiger charge is 2.35. The number of aliphatic hydroxyl groups is 1. The molecule has 0 spiro atoms. The summed E-state index contributed by atoms with van der Waals surface area (Å²) < 4.78 is 7.55. The second-order valence-electron chi connectivity index (χ2n) is 4.17. The zero-order chi connectivity index (χ0) is 12.7. The van der Waals surface area contributed by atoms with Crippen LogP contribution >= 0.6 is 15.9 Å². The molecule has 1 aliphatic rings. The Hall–Kier alpha value is -1.25. The van der Waals surface area contributed by atoms with Gasteiger partial charge in [-0.05, 0) is 6.42 Å². The summed E-state index contributed by atoms with van der Waals surface area (Å²) in [5.41, 5.74) is 6.93. The molecule has 2 aromatic heterocycles. The first-order valence-electron chi connectivity index (χ1n) is 5.54. The molecular formula is C10H12BrN5O2. The molecule has 96 valence electrons. The Morgan fingerprint density at radius 3 is 3.06 bits per heavy atom. The number of aliphatic hydroxyl groups excluding tert-OH is 1. The fourth-order valence-corrected chi connectivity index (χ4v) is 2.92. The van der Waals surface area contributed by atoms with Gasteiger partial charge in [-0.1, -0.05) is 15.9 Å². The molecule has 2 aromatic rings. The maximum atomic E-state index is 9.14. The van der Waals surface area contributed by atoms with Crippen LogP contribution in [-0.2, 0) is 4.74 Å². The molecule has 0 saturated carbocycles. The van der Waals surface area contributed by atoms with Gasteiger partial charge in [-0.25, -0.2) is 15.0 Å². The third kappa shape index (κ3) is 1.76. The van der Waals surface area contributed by atoms with Crippen LogP contribution in [0.2, 0.25) is 0 Å². The molecule has 1 saturated heterocycles. The van der Waals surface area contributed by atoms with Crippen LogP contribution in [0.25, 0.3) is 11.2 Å². The summed E-state index contributed by atoms with van der Waals surface area (Å²) in [7, 11) is 0. The summed E-state index contributed by atoms with van der Waals surface area (Å²) in [5, 5.41) is 9.14. The number of nitrogen functional groups attached to an aromatic ring is 1. The third-order valence-corrected chi connectivity index (χ3v) is 3.82. The fraction of sp³-hybridized carbons (Fsp3) is 0.500. The summed E-state index contributed by atoms with van der Waals surface area (Å²) in [4.78, 5) is 12.4.